The maximum atomic E-state index is 11.9. The summed E-state index contributed by atoms with van der Waals surface area (Å²) in [6, 6.07) is 1.85. The van der Waals surface area contributed by atoms with Gasteiger partial charge < -0.3 is 0 Å². The minimum absolute atomic E-state index is 0.00106. The van der Waals surface area contributed by atoms with Crippen LogP contribution in [-0.4, -0.2) is 19.7 Å². The number of sulfonamides is 1. The third-order valence-electron chi connectivity index (χ3n) is 3.40. The summed E-state index contributed by atoms with van der Waals surface area (Å²) < 4.78 is 26.6. The molecule has 4 nitrogen and oxygen atoms in total. The first-order chi connectivity index (χ1) is 7.89. The Morgan fingerprint density at radius 2 is 1.82 bits per heavy atom. The van der Waals surface area contributed by atoms with Crippen LogP contribution in [0.15, 0.2) is 0 Å². The van der Waals surface area contributed by atoms with Gasteiger partial charge in [-0.1, -0.05) is 20.8 Å². The van der Waals surface area contributed by atoms with E-state index < -0.39 is 15.3 Å². The highest BCUT2D eigenvalue weighted by atomic mass is 32.2. The molecule has 5 heteroatoms. The topological polar surface area (TPSA) is 70.0 Å². The van der Waals surface area contributed by atoms with Crippen molar-refractivity contribution in [2.45, 2.75) is 57.7 Å². The highest BCUT2D eigenvalue weighted by Crippen LogP contribution is 2.29. The summed E-state index contributed by atoms with van der Waals surface area (Å²) in [6.45, 7) is 6.02. The molecule has 1 saturated carbocycles. The average molecular weight is 258 g/mol. The fraction of sp³-hybridized carbons (Fsp3) is 0.917. The average Bonchev–Trinajstić information content (AvgIpc) is 2.15. The van der Waals surface area contributed by atoms with Gasteiger partial charge in [0, 0.05) is 6.04 Å². The fourth-order valence-electron chi connectivity index (χ4n) is 2.74. The highest BCUT2D eigenvalue weighted by Gasteiger charge is 2.30. The van der Waals surface area contributed by atoms with Gasteiger partial charge in [-0.2, -0.15) is 5.26 Å². The third kappa shape index (κ3) is 3.97. The van der Waals surface area contributed by atoms with Gasteiger partial charge in [-0.05, 0) is 37.5 Å². The summed E-state index contributed by atoms with van der Waals surface area (Å²) in [5.74, 6) is 1.10. The maximum absolute atomic E-state index is 11.9. The van der Waals surface area contributed by atoms with E-state index in [1.807, 2.05) is 6.07 Å². The second-order valence-electron chi connectivity index (χ2n) is 5.30. The number of nitriles is 1. The van der Waals surface area contributed by atoms with E-state index in [0.717, 1.165) is 19.3 Å². The zero-order valence-corrected chi connectivity index (χ0v) is 11.6. The standard InChI is InChI=1S/C12H22N2O2S/c1-4-12(8-13)17(15,16)14-11-6-9(2)5-10(3)7-11/h9-12,14H,4-7H2,1-3H3. The van der Waals surface area contributed by atoms with E-state index in [9.17, 15) is 8.42 Å². The third-order valence-corrected chi connectivity index (χ3v) is 5.25. The molecule has 0 amide bonds. The lowest BCUT2D eigenvalue weighted by Crippen LogP contribution is -2.43. The first-order valence-corrected chi connectivity index (χ1v) is 7.84. The van der Waals surface area contributed by atoms with Crippen LogP contribution in [0.3, 0.4) is 0 Å². The van der Waals surface area contributed by atoms with Crippen molar-refractivity contribution in [3.8, 4) is 6.07 Å². The van der Waals surface area contributed by atoms with Crippen LogP contribution < -0.4 is 4.72 Å². The molecule has 1 rings (SSSR count). The molecule has 0 radical (unpaired) electrons. The number of nitrogens with zero attached hydrogens (tertiary/aromatic N) is 1. The minimum Gasteiger partial charge on any atom is -0.211 e. The summed E-state index contributed by atoms with van der Waals surface area (Å²) in [4.78, 5) is 0. The molecule has 0 aliphatic heterocycles. The Balaban J connectivity index is 2.68. The first-order valence-electron chi connectivity index (χ1n) is 6.29. The first kappa shape index (κ1) is 14.5. The number of rotatable bonds is 4. The van der Waals surface area contributed by atoms with Crippen LogP contribution in [0, 0.1) is 23.2 Å². The molecule has 3 atom stereocenters. The van der Waals surface area contributed by atoms with E-state index in [4.69, 9.17) is 5.26 Å². The molecule has 0 aromatic heterocycles. The SMILES string of the molecule is CCC(C#N)S(=O)(=O)NC1CC(C)CC(C)C1. The highest BCUT2D eigenvalue weighted by molar-refractivity contribution is 7.90. The van der Waals surface area contributed by atoms with Crippen LogP contribution in [0.25, 0.3) is 0 Å². The Morgan fingerprint density at radius 3 is 2.24 bits per heavy atom. The van der Waals surface area contributed by atoms with Crippen molar-refractivity contribution in [3.05, 3.63) is 0 Å². The van der Waals surface area contributed by atoms with Crippen molar-refractivity contribution in [1.82, 2.24) is 4.72 Å². The van der Waals surface area contributed by atoms with Gasteiger partial charge in [0.15, 0.2) is 5.25 Å². The molecule has 3 unspecified atom stereocenters. The van der Waals surface area contributed by atoms with Gasteiger partial charge in [-0.25, -0.2) is 13.1 Å². The summed E-state index contributed by atoms with van der Waals surface area (Å²) >= 11 is 0. The van der Waals surface area contributed by atoms with Crippen molar-refractivity contribution in [2.24, 2.45) is 11.8 Å². The van der Waals surface area contributed by atoms with E-state index in [1.54, 1.807) is 6.92 Å². The maximum Gasteiger partial charge on any atom is 0.228 e. The van der Waals surface area contributed by atoms with Crippen molar-refractivity contribution in [2.75, 3.05) is 0 Å². The largest absolute Gasteiger partial charge is 0.228 e. The van der Waals surface area contributed by atoms with Crippen LogP contribution in [-0.2, 0) is 10.0 Å². The van der Waals surface area contributed by atoms with Gasteiger partial charge in [-0.15, -0.1) is 0 Å². The molecule has 0 aromatic rings. The Morgan fingerprint density at radius 1 is 1.29 bits per heavy atom. The van der Waals surface area contributed by atoms with Crippen LogP contribution in [0.4, 0.5) is 0 Å². The molecule has 98 valence electrons. The quantitative estimate of drug-likeness (QED) is 0.838. The minimum atomic E-state index is -3.48. The zero-order chi connectivity index (χ0) is 13.1. The second-order valence-corrected chi connectivity index (χ2v) is 7.20. The summed E-state index contributed by atoms with van der Waals surface area (Å²) in [7, 11) is -3.48. The van der Waals surface area contributed by atoms with Crippen molar-refractivity contribution in [3.63, 3.8) is 0 Å². The molecule has 1 aliphatic carbocycles. The van der Waals surface area contributed by atoms with Crippen LogP contribution in [0.5, 0.6) is 0 Å². The van der Waals surface area contributed by atoms with Crippen LogP contribution in [0.2, 0.25) is 0 Å². The smallest absolute Gasteiger partial charge is 0.211 e. The molecular formula is C12H22N2O2S. The number of hydrogen-bond acceptors (Lipinski definition) is 3. The van der Waals surface area contributed by atoms with Gasteiger partial charge in [0.1, 0.15) is 0 Å². The normalized spacial score (nSPS) is 31.8. The summed E-state index contributed by atoms with van der Waals surface area (Å²) in [5, 5.41) is 7.90. The fourth-order valence-corrected chi connectivity index (χ4v) is 4.14. The van der Waals surface area contributed by atoms with Crippen molar-refractivity contribution in [1.29, 1.82) is 5.26 Å². The lowest BCUT2D eigenvalue weighted by atomic mass is 9.81. The van der Waals surface area contributed by atoms with Crippen molar-refractivity contribution < 1.29 is 8.42 Å². The van der Waals surface area contributed by atoms with Crippen molar-refractivity contribution >= 4 is 10.0 Å². The van der Waals surface area contributed by atoms with E-state index in [-0.39, 0.29) is 6.04 Å². The molecule has 0 saturated heterocycles. The van der Waals surface area contributed by atoms with E-state index in [0.29, 0.717) is 18.3 Å². The molecule has 1 N–H and O–H groups in total. The van der Waals surface area contributed by atoms with E-state index in [1.165, 1.54) is 0 Å². The number of hydrogen-bond donors (Lipinski definition) is 1. The molecule has 0 bridgehead atoms. The van der Waals surface area contributed by atoms with E-state index in [2.05, 4.69) is 18.6 Å². The molecule has 1 aliphatic rings. The molecule has 0 heterocycles. The lowest BCUT2D eigenvalue weighted by molar-refractivity contribution is 0.257. The predicted octanol–water partition coefficient (Wildman–Crippen LogP) is 2.03. The van der Waals surface area contributed by atoms with Gasteiger partial charge in [-0.3, -0.25) is 0 Å². The summed E-state index contributed by atoms with van der Waals surface area (Å²) in [6.07, 6.45) is 3.26. The molecule has 0 aromatic carbocycles. The summed E-state index contributed by atoms with van der Waals surface area (Å²) in [5.41, 5.74) is 0. The van der Waals surface area contributed by atoms with Gasteiger partial charge in [0.05, 0.1) is 6.07 Å². The van der Waals surface area contributed by atoms with Crippen LogP contribution in [0.1, 0.15) is 46.5 Å². The monoisotopic (exact) mass is 258 g/mol. The van der Waals surface area contributed by atoms with Gasteiger partial charge >= 0.3 is 0 Å². The Kier molecular flexibility index (Phi) is 4.96. The zero-order valence-electron chi connectivity index (χ0n) is 10.8. The Labute approximate surface area is 104 Å². The predicted molar refractivity (Wildman–Crippen MR) is 67.7 cm³/mol. The van der Waals surface area contributed by atoms with E-state index >= 15 is 0 Å². The molecular weight excluding hydrogens is 236 g/mol. The Hall–Kier alpha value is -0.600. The number of nitrogens with one attached hydrogen (secondary N) is 1. The molecule has 0 spiro atoms. The molecule has 17 heavy (non-hydrogen) atoms. The second kappa shape index (κ2) is 5.83. The molecule has 1 fully saturated rings. The lowest BCUT2D eigenvalue weighted by Gasteiger charge is -2.32. The van der Waals surface area contributed by atoms with Gasteiger partial charge in [0.25, 0.3) is 0 Å². The Bertz CT molecular complexity index is 376. The van der Waals surface area contributed by atoms with Gasteiger partial charge in [0.2, 0.25) is 10.0 Å². The van der Waals surface area contributed by atoms with Crippen LogP contribution >= 0.6 is 0 Å².